The molecule has 0 aliphatic heterocycles. The van der Waals surface area contributed by atoms with Crippen LogP contribution in [0.15, 0.2) is 33.9 Å². The zero-order valence-corrected chi connectivity index (χ0v) is 12.9. The van der Waals surface area contributed by atoms with Crippen LogP contribution < -0.4 is 0 Å². The predicted octanol–water partition coefficient (Wildman–Crippen LogP) is 3.71. The fraction of sp³-hybridized carbons (Fsp3) is 0.385. The van der Waals surface area contributed by atoms with E-state index in [0.717, 1.165) is 5.56 Å². The minimum Gasteiger partial charge on any atom is -0.667 e. The van der Waals surface area contributed by atoms with Gasteiger partial charge in [0.25, 0.3) is 5.22 Å². The first-order valence-electron chi connectivity index (χ1n) is 5.98. The zero-order chi connectivity index (χ0) is 13.8. The third-order valence-electron chi connectivity index (χ3n) is 2.63. The van der Waals surface area contributed by atoms with Crippen molar-refractivity contribution in [2.45, 2.75) is 30.9 Å². The molecule has 0 radical (unpaired) electrons. The van der Waals surface area contributed by atoms with Crippen molar-refractivity contribution in [2.75, 3.05) is 0 Å². The first kappa shape index (κ1) is 16.9. The van der Waals surface area contributed by atoms with Crippen LogP contribution >= 0.6 is 11.8 Å². The van der Waals surface area contributed by atoms with Gasteiger partial charge in [-0.3, -0.25) is 0 Å². The lowest BCUT2D eigenvalue weighted by Crippen LogP contribution is -2.01. The Bertz CT molecular complexity index is 533. The lowest BCUT2D eigenvalue weighted by molar-refractivity contribution is -0.00000537. The fourth-order valence-corrected chi connectivity index (χ4v) is 2.14. The minimum atomic E-state index is -0.493. The van der Waals surface area contributed by atoms with E-state index >= 15 is 0 Å². The van der Waals surface area contributed by atoms with Gasteiger partial charge in [0.1, 0.15) is 5.82 Å². The Morgan fingerprint density at radius 3 is 2.50 bits per heavy atom. The van der Waals surface area contributed by atoms with E-state index in [-0.39, 0.29) is 24.1 Å². The van der Waals surface area contributed by atoms with E-state index in [1.54, 1.807) is 12.1 Å². The topological polar surface area (TPSA) is 62.7 Å². The van der Waals surface area contributed by atoms with E-state index in [2.05, 4.69) is 10.2 Å². The molecule has 0 spiro atoms. The predicted molar refractivity (Wildman–Crippen MR) is 74.9 cm³/mol. The van der Waals surface area contributed by atoms with Crippen LogP contribution in [0.5, 0.6) is 0 Å². The quantitative estimate of drug-likeness (QED) is 0.788. The molecule has 0 amide bonds. The monoisotopic (exact) mass is 317 g/mol. The molecule has 0 saturated carbocycles. The summed E-state index contributed by atoms with van der Waals surface area (Å²) in [6, 6.07) is 5.80. The molecule has 0 saturated heterocycles. The second kappa shape index (κ2) is 7.61. The fourth-order valence-electron chi connectivity index (χ4n) is 1.42. The van der Waals surface area contributed by atoms with Crippen molar-refractivity contribution in [3.8, 4) is 0 Å². The molecule has 4 nitrogen and oxygen atoms in total. The highest BCUT2D eigenvalue weighted by molar-refractivity contribution is 7.98. The first-order valence-corrected chi connectivity index (χ1v) is 6.96. The average molecular weight is 318 g/mol. The van der Waals surface area contributed by atoms with E-state index in [1.165, 1.54) is 23.9 Å². The number of thioether (sulfide) groups is 1. The van der Waals surface area contributed by atoms with Crippen LogP contribution in [0.3, 0.4) is 0 Å². The number of nitrogens with one attached hydrogen (secondary N) is 1. The van der Waals surface area contributed by atoms with Gasteiger partial charge in [-0.15, -0.1) is 10.2 Å². The summed E-state index contributed by atoms with van der Waals surface area (Å²) in [5.41, 5.74) is 8.84. The van der Waals surface area contributed by atoms with Crippen molar-refractivity contribution in [2.24, 2.45) is 5.92 Å². The Hall–Kier alpha value is -1.11. The molecule has 2 aromatic rings. The van der Waals surface area contributed by atoms with Crippen LogP contribution in [0.1, 0.15) is 31.3 Å². The Morgan fingerprint density at radius 2 is 1.90 bits per heavy atom. The summed E-state index contributed by atoms with van der Waals surface area (Å²) in [5, 5.41) is 8.23. The summed E-state index contributed by atoms with van der Waals surface area (Å²) < 4.78 is 18.2. The molecular formula is C13H17ClFN3OS. The number of benzene rings is 1. The number of nitrogens with zero attached hydrogens (tertiary/aromatic N) is 2. The van der Waals surface area contributed by atoms with Gasteiger partial charge < -0.3 is 10.2 Å². The van der Waals surface area contributed by atoms with Gasteiger partial charge in [0.15, 0.2) is 5.89 Å². The van der Waals surface area contributed by atoms with E-state index in [1.807, 2.05) is 13.8 Å². The van der Waals surface area contributed by atoms with Crippen LogP contribution in [0.25, 0.3) is 5.73 Å². The maximum atomic E-state index is 12.7. The van der Waals surface area contributed by atoms with Gasteiger partial charge in [-0.05, 0) is 17.7 Å². The molecule has 1 N–H and O–H groups in total. The van der Waals surface area contributed by atoms with Crippen LogP contribution in [0.2, 0.25) is 0 Å². The Labute approximate surface area is 127 Å². The van der Waals surface area contributed by atoms with Crippen molar-refractivity contribution >= 4 is 11.8 Å². The van der Waals surface area contributed by atoms with Crippen molar-refractivity contribution in [1.29, 1.82) is 0 Å². The summed E-state index contributed by atoms with van der Waals surface area (Å²) in [7, 11) is 0. The minimum absolute atomic E-state index is 0. The Morgan fingerprint density at radius 1 is 1.25 bits per heavy atom. The van der Waals surface area contributed by atoms with Gasteiger partial charge in [0.05, 0.1) is 12.4 Å². The largest absolute Gasteiger partial charge is 0.667 e. The molecule has 1 atom stereocenters. The van der Waals surface area contributed by atoms with Gasteiger partial charge in [-0.25, -0.2) is 4.39 Å². The summed E-state index contributed by atoms with van der Waals surface area (Å²) in [4.78, 5) is 0. The molecule has 0 unspecified atom stereocenters. The van der Waals surface area contributed by atoms with Crippen LogP contribution in [-0.2, 0) is 5.75 Å². The van der Waals surface area contributed by atoms with Gasteiger partial charge in [-0.2, -0.15) is 0 Å². The molecule has 1 aromatic heterocycles. The molecular weight excluding hydrogens is 301 g/mol. The van der Waals surface area contributed by atoms with E-state index in [0.29, 0.717) is 16.9 Å². The highest BCUT2D eigenvalue weighted by Crippen LogP contribution is 2.27. The van der Waals surface area contributed by atoms with Gasteiger partial charge in [-0.1, -0.05) is 49.7 Å². The molecule has 0 aliphatic carbocycles. The normalized spacial score (nSPS) is 12.2. The molecule has 0 fully saturated rings. The second-order valence-corrected chi connectivity index (χ2v) is 5.47. The molecule has 0 bridgehead atoms. The molecule has 1 heterocycles. The smallest absolute Gasteiger partial charge is 0.276 e. The van der Waals surface area contributed by atoms with Crippen LogP contribution in [0, 0.1) is 24.1 Å². The van der Waals surface area contributed by atoms with Gasteiger partial charge in [0, 0.05) is 5.75 Å². The van der Waals surface area contributed by atoms with Crippen molar-refractivity contribution in [1.82, 2.24) is 10.2 Å². The molecule has 20 heavy (non-hydrogen) atoms. The van der Waals surface area contributed by atoms with Gasteiger partial charge in [0.2, 0.25) is 0 Å². The molecule has 110 valence electrons. The van der Waals surface area contributed by atoms with E-state index < -0.39 is 6.04 Å². The number of rotatable bonds is 5. The highest BCUT2D eigenvalue weighted by Gasteiger charge is 2.12. The molecule has 2 rings (SSSR count). The Balaban J connectivity index is 0.00000200. The standard InChI is InChI=1S/C13H15FN3OS.ClH2/c1-8(2)11(15)12-16-17-13(18-12)19-7-9-3-5-10(14)6-4-9;/h3-6,8,11,15H,7H2,1-2H3;1H2/q-1;+1/t11-;/m0./s1. The lowest BCUT2D eigenvalue weighted by atomic mass is 10.1. The number of hydrogen-bond donors (Lipinski definition) is 0. The third kappa shape index (κ3) is 4.47. The van der Waals surface area contributed by atoms with Crippen molar-refractivity contribution in [3.63, 3.8) is 0 Å². The first-order chi connectivity index (χ1) is 9.06. The lowest BCUT2D eigenvalue weighted by Gasteiger charge is -2.19. The SMILES string of the molecule is CC(C)[C@H]([NH-])c1nnc(SCc2ccc(F)cc2)o1.[ClH2+]. The number of halogens is 2. The third-order valence-corrected chi connectivity index (χ3v) is 3.52. The summed E-state index contributed by atoms with van der Waals surface area (Å²) in [6.07, 6.45) is 0. The maximum absolute atomic E-state index is 12.7. The second-order valence-electron chi connectivity index (χ2n) is 4.54. The summed E-state index contributed by atoms with van der Waals surface area (Å²) in [5.74, 6) is 0.863. The molecule has 1 aromatic carbocycles. The maximum Gasteiger partial charge on any atom is 0.276 e. The van der Waals surface area contributed by atoms with Crippen LogP contribution in [-0.4, -0.2) is 10.2 Å². The zero-order valence-electron chi connectivity index (χ0n) is 11.2. The summed E-state index contributed by atoms with van der Waals surface area (Å²) in [6.45, 7) is 3.88. The van der Waals surface area contributed by atoms with Crippen molar-refractivity contribution in [3.05, 3.63) is 47.3 Å². The number of hydrogen-bond acceptors (Lipinski definition) is 4. The van der Waals surface area contributed by atoms with Crippen LogP contribution in [0.4, 0.5) is 4.39 Å². The Kier molecular flexibility index (Phi) is 6.45. The van der Waals surface area contributed by atoms with E-state index in [9.17, 15) is 4.39 Å². The number of aromatic nitrogens is 2. The van der Waals surface area contributed by atoms with Gasteiger partial charge >= 0.3 is 0 Å². The highest BCUT2D eigenvalue weighted by atomic mass is 35.5. The van der Waals surface area contributed by atoms with E-state index in [4.69, 9.17) is 10.2 Å². The average Bonchev–Trinajstić information content (AvgIpc) is 2.86. The van der Waals surface area contributed by atoms with Crippen molar-refractivity contribution < 1.29 is 21.2 Å². The summed E-state index contributed by atoms with van der Waals surface area (Å²) >= 11 is 1.38. The molecule has 7 heteroatoms. The molecule has 0 aliphatic rings.